The van der Waals surface area contributed by atoms with Crippen LogP contribution in [0.3, 0.4) is 0 Å². The summed E-state index contributed by atoms with van der Waals surface area (Å²) in [5, 5.41) is 14.6. The number of aliphatic carboxylic acids is 1. The highest BCUT2D eigenvalue weighted by Crippen LogP contribution is 2.37. The van der Waals surface area contributed by atoms with Crippen molar-refractivity contribution in [1.82, 2.24) is 10.6 Å². The van der Waals surface area contributed by atoms with Crippen LogP contribution in [0, 0.1) is 5.41 Å². The lowest BCUT2D eigenvalue weighted by molar-refractivity contribution is -0.148. The quantitative estimate of drug-likeness (QED) is 0.594. The van der Waals surface area contributed by atoms with Crippen LogP contribution in [-0.2, 0) is 9.53 Å². The predicted octanol–water partition coefficient (Wildman–Crippen LogP) is 0.967. The minimum atomic E-state index is -0.806. The van der Waals surface area contributed by atoms with Gasteiger partial charge >= 0.3 is 12.0 Å². The number of ether oxygens (including phenoxy) is 1. The van der Waals surface area contributed by atoms with Gasteiger partial charge in [-0.3, -0.25) is 4.79 Å². The van der Waals surface area contributed by atoms with E-state index in [1.807, 2.05) is 0 Å². The molecule has 6 nitrogen and oxygen atoms in total. The average molecular weight is 258 g/mol. The lowest BCUT2D eigenvalue weighted by Crippen LogP contribution is -2.45. The number of urea groups is 1. The Hall–Kier alpha value is -1.30. The Bertz CT molecular complexity index is 288. The molecule has 0 heterocycles. The first-order valence-electron chi connectivity index (χ1n) is 6.35. The molecule has 1 rings (SSSR count). The van der Waals surface area contributed by atoms with Crippen molar-refractivity contribution in [3.8, 4) is 0 Å². The van der Waals surface area contributed by atoms with E-state index < -0.39 is 11.4 Å². The fourth-order valence-electron chi connectivity index (χ4n) is 2.25. The van der Waals surface area contributed by atoms with Crippen LogP contribution in [0.1, 0.15) is 32.1 Å². The van der Waals surface area contributed by atoms with Gasteiger partial charge in [-0.25, -0.2) is 4.79 Å². The number of rotatable bonds is 7. The van der Waals surface area contributed by atoms with E-state index in [4.69, 9.17) is 4.74 Å². The number of methoxy groups -OCH3 is 1. The second-order valence-electron chi connectivity index (χ2n) is 4.75. The van der Waals surface area contributed by atoms with Gasteiger partial charge in [0, 0.05) is 26.8 Å². The van der Waals surface area contributed by atoms with E-state index in [9.17, 15) is 14.7 Å². The van der Waals surface area contributed by atoms with Gasteiger partial charge in [0.15, 0.2) is 0 Å². The van der Waals surface area contributed by atoms with Gasteiger partial charge in [0.1, 0.15) is 0 Å². The van der Waals surface area contributed by atoms with E-state index >= 15 is 0 Å². The standard InChI is InChI=1S/C12H22N2O4/c1-18-8-4-7-13-11(17)14-9-12(10(15)16)5-2-3-6-12/h2-9H2,1H3,(H,15,16)(H2,13,14,17). The maximum absolute atomic E-state index is 11.5. The van der Waals surface area contributed by atoms with E-state index in [1.165, 1.54) is 0 Å². The zero-order chi connectivity index (χ0) is 13.4. The van der Waals surface area contributed by atoms with Crippen LogP contribution in [0.2, 0.25) is 0 Å². The topological polar surface area (TPSA) is 87.7 Å². The second-order valence-corrected chi connectivity index (χ2v) is 4.75. The largest absolute Gasteiger partial charge is 0.481 e. The molecule has 0 aliphatic heterocycles. The minimum Gasteiger partial charge on any atom is -0.481 e. The number of hydrogen-bond acceptors (Lipinski definition) is 3. The summed E-state index contributed by atoms with van der Waals surface area (Å²) in [5.74, 6) is -0.806. The van der Waals surface area contributed by atoms with Crippen LogP contribution in [0.5, 0.6) is 0 Å². The summed E-state index contributed by atoms with van der Waals surface area (Å²) in [5.41, 5.74) is -0.760. The van der Waals surface area contributed by atoms with E-state index in [0.717, 1.165) is 19.3 Å². The number of carboxylic acid groups (broad SMARTS) is 1. The van der Waals surface area contributed by atoms with Crippen molar-refractivity contribution in [3.05, 3.63) is 0 Å². The van der Waals surface area contributed by atoms with Gasteiger partial charge in [-0.1, -0.05) is 12.8 Å². The molecular formula is C12H22N2O4. The molecule has 3 N–H and O–H groups in total. The van der Waals surface area contributed by atoms with E-state index in [1.54, 1.807) is 7.11 Å². The second kappa shape index (κ2) is 7.20. The highest BCUT2D eigenvalue weighted by Gasteiger charge is 2.41. The zero-order valence-corrected chi connectivity index (χ0v) is 10.8. The van der Waals surface area contributed by atoms with Crippen molar-refractivity contribution in [2.45, 2.75) is 32.1 Å². The Morgan fingerprint density at radius 3 is 2.50 bits per heavy atom. The van der Waals surface area contributed by atoms with Gasteiger partial charge in [0.25, 0.3) is 0 Å². The lowest BCUT2D eigenvalue weighted by Gasteiger charge is -2.24. The third kappa shape index (κ3) is 4.18. The molecule has 0 saturated heterocycles. The first-order chi connectivity index (χ1) is 8.60. The van der Waals surface area contributed by atoms with E-state index in [2.05, 4.69) is 10.6 Å². The van der Waals surface area contributed by atoms with Crippen LogP contribution in [0.4, 0.5) is 4.79 Å². The van der Waals surface area contributed by atoms with Crippen molar-refractivity contribution in [2.24, 2.45) is 5.41 Å². The highest BCUT2D eigenvalue weighted by atomic mass is 16.5. The van der Waals surface area contributed by atoms with Crippen LogP contribution in [0.25, 0.3) is 0 Å². The van der Waals surface area contributed by atoms with Crippen molar-refractivity contribution in [2.75, 3.05) is 26.8 Å². The molecule has 0 bridgehead atoms. The van der Waals surface area contributed by atoms with E-state index in [-0.39, 0.29) is 12.6 Å². The molecule has 104 valence electrons. The summed E-state index contributed by atoms with van der Waals surface area (Å²) in [6.45, 7) is 1.33. The predicted molar refractivity (Wildman–Crippen MR) is 66.4 cm³/mol. The van der Waals surface area contributed by atoms with Crippen LogP contribution < -0.4 is 10.6 Å². The van der Waals surface area contributed by atoms with Crippen LogP contribution in [0.15, 0.2) is 0 Å². The molecule has 0 aromatic rings. The van der Waals surface area contributed by atoms with Crippen LogP contribution >= 0.6 is 0 Å². The third-order valence-corrected chi connectivity index (χ3v) is 3.41. The Balaban J connectivity index is 2.26. The summed E-state index contributed by atoms with van der Waals surface area (Å²) in [6, 6.07) is -0.307. The number of carboxylic acids is 1. The van der Waals surface area contributed by atoms with Crippen molar-refractivity contribution < 1.29 is 19.4 Å². The number of amides is 2. The Morgan fingerprint density at radius 2 is 1.94 bits per heavy atom. The van der Waals surface area contributed by atoms with Gasteiger partial charge in [0.2, 0.25) is 0 Å². The lowest BCUT2D eigenvalue weighted by atomic mass is 9.86. The van der Waals surface area contributed by atoms with Crippen LogP contribution in [-0.4, -0.2) is 43.9 Å². The van der Waals surface area contributed by atoms with Gasteiger partial charge in [0.05, 0.1) is 5.41 Å². The average Bonchev–Trinajstić information content (AvgIpc) is 2.82. The molecule has 2 amide bonds. The third-order valence-electron chi connectivity index (χ3n) is 3.41. The first kappa shape index (κ1) is 14.8. The molecule has 1 aliphatic rings. The molecule has 0 aromatic carbocycles. The molecule has 0 aromatic heterocycles. The fraction of sp³-hybridized carbons (Fsp3) is 0.833. The van der Waals surface area contributed by atoms with Crippen molar-refractivity contribution >= 4 is 12.0 Å². The monoisotopic (exact) mass is 258 g/mol. The molecule has 0 spiro atoms. The Kier molecular flexibility index (Phi) is 5.91. The molecule has 1 fully saturated rings. The molecule has 1 saturated carbocycles. The summed E-state index contributed by atoms with van der Waals surface area (Å²) < 4.78 is 4.86. The number of carbonyl (C=O) groups is 2. The smallest absolute Gasteiger partial charge is 0.314 e. The van der Waals surface area contributed by atoms with Gasteiger partial charge < -0.3 is 20.5 Å². The molecule has 0 atom stereocenters. The summed E-state index contributed by atoms with van der Waals surface area (Å²) in [4.78, 5) is 22.7. The van der Waals surface area contributed by atoms with E-state index in [0.29, 0.717) is 26.0 Å². The van der Waals surface area contributed by atoms with Gasteiger partial charge in [-0.05, 0) is 19.3 Å². The summed E-state index contributed by atoms with van der Waals surface area (Å²) in [7, 11) is 1.61. The number of nitrogens with one attached hydrogen (secondary N) is 2. The van der Waals surface area contributed by atoms with Gasteiger partial charge in [-0.15, -0.1) is 0 Å². The SMILES string of the molecule is COCCCNC(=O)NCC1(C(=O)O)CCCC1. The number of hydrogen-bond donors (Lipinski definition) is 3. The zero-order valence-electron chi connectivity index (χ0n) is 10.8. The molecule has 1 aliphatic carbocycles. The molecule has 18 heavy (non-hydrogen) atoms. The molecule has 0 unspecified atom stereocenters. The molecule has 0 radical (unpaired) electrons. The Labute approximate surface area is 107 Å². The summed E-state index contributed by atoms with van der Waals surface area (Å²) in [6.07, 6.45) is 3.87. The fourth-order valence-corrected chi connectivity index (χ4v) is 2.25. The van der Waals surface area contributed by atoms with Crippen molar-refractivity contribution in [1.29, 1.82) is 0 Å². The highest BCUT2D eigenvalue weighted by molar-refractivity contribution is 5.78. The van der Waals surface area contributed by atoms with Crippen molar-refractivity contribution in [3.63, 3.8) is 0 Å². The maximum atomic E-state index is 11.5. The molecular weight excluding hydrogens is 236 g/mol. The molecule has 6 heteroatoms. The number of carbonyl (C=O) groups excluding carboxylic acids is 1. The first-order valence-corrected chi connectivity index (χ1v) is 6.35. The maximum Gasteiger partial charge on any atom is 0.314 e. The van der Waals surface area contributed by atoms with Gasteiger partial charge in [-0.2, -0.15) is 0 Å². The minimum absolute atomic E-state index is 0.207. The normalized spacial score (nSPS) is 17.4. The Morgan fingerprint density at radius 1 is 1.28 bits per heavy atom. The summed E-state index contributed by atoms with van der Waals surface area (Å²) >= 11 is 0.